The number of benzene rings is 3. The Labute approximate surface area is 256 Å². The summed E-state index contributed by atoms with van der Waals surface area (Å²) in [5.41, 5.74) is 9.27. The molecule has 3 aromatic carbocycles. The Morgan fingerprint density at radius 1 is 1.02 bits per heavy atom. The van der Waals surface area contributed by atoms with Gasteiger partial charge in [0.05, 0.1) is 11.4 Å². The first-order valence-electron chi connectivity index (χ1n) is 14.1. The van der Waals surface area contributed by atoms with Crippen molar-refractivity contribution in [1.82, 2.24) is 9.55 Å². The molecule has 1 aromatic heterocycles. The molecule has 5 rings (SSSR count). The van der Waals surface area contributed by atoms with Gasteiger partial charge in [0, 0.05) is 28.5 Å². The second-order valence-corrected chi connectivity index (χ2v) is 17.2. The summed E-state index contributed by atoms with van der Waals surface area (Å²) in [6, 6.07) is 30.7. The first-order chi connectivity index (χ1) is 20.7. The summed E-state index contributed by atoms with van der Waals surface area (Å²) in [6.45, 7) is 7.13. The number of anilines is 1. The molecule has 1 N–H and O–H groups in total. The second kappa shape index (κ2) is 13.0. The quantitative estimate of drug-likeness (QED) is 0.112. The average molecular weight is 611 g/mol. The van der Waals surface area contributed by atoms with Crippen molar-refractivity contribution in [3.63, 3.8) is 0 Å². The lowest BCUT2D eigenvalue weighted by Gasteiger charge is -2.43. The van der Waals surface area contributed by atoms with E-state index in [1.165, 1.54) is 14.9 Å². The van der Waals surface area contributed by atoms with Crippen LogP contribution in [0.15, 0.2) is 113 Å². The Balaban J connectivity index is 1.39. The summed E-state index contributed by atoms with van der Waals surface area (Å²) < 4.78 is 8.61. The Hall–Kier alpha value is -4.15. The van der Waals surface area contributed by atoms with E-state index in [2.05, 4.69) is 89.6 Å². The predicted molar refractivity (Wildman–Crippen MR) is 174 cm³/mol. The zero-order chi connectivity index (χ0) is 30.5. The van der Waals surface area contributed by atoms with E-state index in [0.29, 0.717) is 18.6 Å². The van der Waals surface area contributed by atoms with Crippen molar-refractivity contribution in [3.8, 4) is 0 Å². The highest BCUT2D eigenvalue weighted by atomic mass is 32.2. The van der Waals surface area contributed by atoms with Crippen LogP contribution in [0.25, 0.3) is 10.4 Å². The van der Waals surface area contributed by atoms with Crippen molar-refractivity contribution >= 4 is 42.2 Å². The van der Waals surface area contributed by atoms with Crippen LogP contribution in [-0.4, -0.2) is 41.7 Å². The number of carbonyl (C=O) groups excluding carboxylic acids is 1. The minimum absolute atomic E-state index is 0.0218. The van der Waals surface area contributed by atoms with Gasteiger partial charge in [-0.15, -0.1) is 11.8 Å². The van der Waals surface area contributed by atoms with Gasteiger partial charge in [0.1, 0.15) is 5.82 Å². The maximum Gasteiger partial charge on any atom is 0.350 e. The molecule has 0 radical (unpaired) electrons. The monoisotopic (exact) mass is 610 g/mol. The molecular formula is C32H34N6O3SSi. The molecule has 0 spiro atoms. The fourth-order valence-corrected chi connectivity index (χ4v) is 11.9. The third kappa shape index (κ3) is 6.45. The van der Waals surface area contributed by atoms with Crippen LogP contribution in [0, 0.1) is 0 Å². The largest absolute Gasteiger partial charge is 0.406 e. The molecule has 0 aliphatic carbocycles. The normalized spacial score (nSPS) is 18.5. The number of hydrogen-bond acceptors (Lipinski definition) is 6. The Morgan fingerprint density at radius 3 is 2.14 bits per heavy atom. The fourth-order valence-electron chi connectivity index (χ4n) is 5.69. The average Bonchev–Trinajstić information content (AvgIpc) is 3.41. The number of carbonyl (C=O) groups is 1. The topological polar surface area (TPSA) is 122 Å². The van der Waals surface area contributed by atoms with Crippen LogP contribution < -0.4 is 21.4 Å². The number of aromatic nitrogens is 2. The maximum atomic E-state index is 13.1. The van der Waals surface area contributed by atoms with Gasteiger partial charge in [-0.3, -0.25) is 9.36 Å². The summed E-state index contributed by atoms with van der Waals surface area (Å²) in [6.07, 6.45) is 2.15. The molecule has 1 aliphatic rings. The molecule has 43 heavy (non-hydrogen) atoms. The van der Waals surface area contributed by atoms with E-state index in [4.69, 9.17) is 4.43 Å². The van der Waals surface area contributed by atoms with Crippen molar-refractivity contribution in [2.45, 2.75) is 48.9 Å². The molecule has 3 atom stereocenters. The van der Waals surface area contributed by atoms with E-state index < -0.39 is 25.4 Å². The molecule has 1 unspecified atom stereocenters. The van der Waals surface area contributed by atoms with Gasteiger partial charge in [-0.2, -0.15) is 4.98 Å². The number of azide groups is 1. The molecule has 0 bridgehead atoms. The number of nitrogens with one attached hydrogen (secondary N) is 1. The van der Waals surface area contributed by atoms with Crippen molar-refractivity contribution in [2.75, 3.05) is 11.9 Å². The van der Waals surface area contributed by atoms with Crippen LogP contribution in [0.3, 0.4) is 0 Å². The van der Waals surface area contributed by atoms with E-state index >= 15 is 0 Å². The van der Waals surface area contributed by atoms with E-state index in [-0.39, 0.29) is 22.0 Å². The third-order valence-corrected chi connectivity index (χ3v) is 14.2. The number of nitrogens with zero attached hydrogens (tertiary/aromatic N) is 5. The Kier molecular flexibility index (Phi) is 9.17. The van der Waals surface area contributed by atoms with Crippen LogP contribution in [-0.2, 0) is 4.43 Å². The summed E-state index contributed by atoms with van der Waals surface area (Å²) in [7, 11) is -2.76. The van der Waals surface area contributed by atoms with Crippen LogP contribution >= 0.6 is 11.8 Å². The molecule has 1 saturated heterocycles. The zero-order valence-electron chi connectivity index (χ0n) is 24.3. The van der Waals surface area contributed by atoms with Gasteiger partial charge in [0.2, 0.25) is 0 Å². The first kappa shape index (κ1) is 30.3. The van der Waals surface area contributed by atoms with E-state index in [1.807, 2.05) is 18.2 Å². The lowest BCUT2D eigenvalue weighted by molar-refractivity contribution is 0.102. The van der Waals surface area contributed by atoms with Gasteiger partial charge in [0.15, 0.2) is 0 Å². The number of amides is 1. The van der Waals surface area contributed by atoms with Crippen LogP contribution in [0.2, 0.25) is 5.04 Å². The lowest BCUT2D eigenvalue weighted by Crippen LogP contribution is -2.67. The minimum Gasteiger partial charge on any atom is -0.406 e. The molecular weight excluding hydrogens is 577 g/mol. The summed E-state index contributed by atoms with van der Waals surface area (Å²) >= 11 is 1.55. The summed E-state index contributed by atoms with van der Waals surface area (Å²) in [4.78, 5) is 32.9. The third-order valence-electron chi connectivity index (χ3n) is 7.65. The lowest BCUT2D eigenvalue weighted by atomic mass is 10.2. The van der Waals surface area contributed by atoms with Gasteiger partial charge in [-0.05, 0) is 45.6 Å². The maximum absolute atomic E-state index is 13.1. The van der Waals surface area contributed by atoms with Crippen LogP contribution in [0.1, 0.15) is 42.9 Å². The van der Waals surface area contributed by atoms with Gasteiger partial charge < -0.3 is 9.74 Å². The fraction of sp³-hybridized carbons (Fsp3) is 0.281. The van der Waals surface area contributed by atoms with E-state index in [0.717, 1.165) is 0 Å². The van der Waals surface area contributed by atoms with Crippen molar-refractivity contribution < 1.29 is 9.22 Å². The predicted octanol–water partition coefficient (Wildman–Crippen LogP) is 5.76. The molecule has 0 saturated carbocycles. The highest BCUT2D eigenvalue weighted by Gasteiger charge is 2.51. The number of hydrogen-bond donors (Lipinski definition) is 1. The molecule has 11 heteroatoms. The van der Waals surface area contributed by atoms with Gasteiger partial charge in [-0.1, -0.05) is 105 Å². The molecule has 1 amide bonds. The SMILES string of the molecule is CC(C)(C)[Si](OC[C@H]1CC(N=[N+]=[N-])[C@@H](n2ccc(NC(=O)c3ccccc3)nc2=O)S1)(c1ccccc1)c1ccccc1. The number of thioether (sulfide) groups is 1. The molecule has 2 heterocycles. The molecule has 220 valence electrons. The smallest absolute Gasteiger partial charge is 0.350 e. The molecule has 1 fully saturated rings. The van der Waals surface area contributed by atoms with Crippen LogP contribution in [0.5, 0.6) is 0 Å². The molecule has 4 aromatic rings. The van der Waals surface area contributed by atoms with Gasteiger partial charge >= 0.3 is 5.69 Å². The van der Waals surface area contributed by atoms with Crippen molar-refractivity contribution in [3.05, 3.63) is 130 Å². The Bertz CT molecular complexity index is 1620. The van der Waals surface area contributed by atoms with E-state index in [1.54, 1.807) is 48.3 Å². The summed E-state index contributed by atoms with van der Waals surface area (Å²) in [5, 5.41) is 8.45. The van der Waals surface area contributed by atoms with Gasteiger partial charge in [0.25, 0.3) is 14.2 Å². The highest BCUT2D eigenvalue weighted by Crippen LogP contribution is 2.44. The zero-order valence-corrected chi connectivity index (χ0v) is 26.1. The van der Waals surface area contributed by atoms with Crippen LogP contribution in [0.4, 0.5) is 5.82 Å². The van der Waals surface area contributed by atoms with Crippen molar-refractivity contribution in [2.24, 2.45) is 5.11 Å². The number of rotatable bonds is 9. The van der Waals surface area contributed by atoms with Gasteiger partial charge in [-0.25, -0.2) is 4.79 Å². The summed E-state index contributed by atoms with van der Waals surface area (Å²) in [5.74, 6) is -0.196. The first-order valence-corrected chi connectivity index (χ1v) is 17.0. The molecule has 1 aliphatic heterocycles. The standard InChI is InChI=1S/C32H34N6O3SSi/c1-32(2,3)43(25-15-9-5-10-16-25,26-17-11-6-12-18-26)41-22-24-21-27(36-37-33)30(42-24)38-20-19-28(35-31(38)40)34-29(39)23-13-7-4-8-14-23/h4-20,24,27,30H,21-22H2,1-3H3,(H,34,35,39,40)/t24-,27?,30+/m1/s1. The minimum atomic E-state index is -2.76. The highest BCUT2D eigenvalue weighted by molar-refractivity contribution is 8.00. The second-order valence-electron chi connectivity index (χ2n) is 11.5. The van der Waals surface area contributed by atoms with Crippen molar-refractivity contribution in [1.29, 1.82) is 0 Å². The molecule has 9 nitrogen and oxygen atoms in total. The van der Waals surface area contributed by atoms with E-state index in [9.17, 15) is 15.1 Å². The Morgan fingerprint density at radius 2 is 1.60 bits per heavy atom.